The van der Waals surface area contributed by atoms with Crippen LogP contribution in [0.2, 0.25) is 5.02 Å². The van der Waals surface area contributed by atoms with E-state index in [2.05, 4.69) is 4.90 Å². The normalized spacial score (nSPS) is 24.8. The molecule has 24 heavy (non-hydrogen) atoms. The lowest BCUT2D eigenvalue weighted by molar-refractivity contribution is -0.155. The zero-order valence-corrected chi connectivity index (χ0v) is 14.1. The number of carbonyl (C=O) groups excluding carboxylic acids is 1. The van der Waals surface area contributed by atoms with E-state index < -0.39 is 12.0 Å². The fourth-order valence-corrected chi connectivity index (χ4v) is 3.36. The van der Waals surface area contributed by atoms with Crippen LogP contribution in [0.25, 0.3) is 0 Å². The van der Waals surface area contributed by atoms with E-state index in [1.807, 2.05) is 24.3 Å². The highest BCUT2D eigenvalue weighted by Gasteiger charge is 2.38. The molecule has 1 amide bonds. The number of ether oxygens (including phenoxy) is 1. The highest BCUT2D eigenvalue weighted by atomic mass is 35.5. The summed E-state index contributed by atoms with van der Waals surface area (Å²) in [5, 5.41) is 0.683. The van der Waals surface area contributed by atoms with Crippen LogP contribution < -0.4 is 0 Å². The number of hydrogen-bond donors (Lipinski definition) is 0. The molecule has 1 unspecified atom stereocenters. The van der Waals surface area contributed by atoms with Crippen molar-refractivity contribution in [2.75, 3.05) is 32.8 Å². The number of benzene rings is 1. The third kappa shape index (κ3) is 4.43. The van der Waals surface area contributed by atoms with Gasteiger partial charge in [0.25, 0.3) is 11.8 Å². The number of nitrogens with zero attached hydrogens (tertiary/aromatic N) is 2. The Balaban J connectivity index is 1.56. The number of carbonyl (C=O) groups is 1. The number of piperidine rings is 1. The van der Waals surface area contributed by atoms with Gasteiger partial charge in [-0.2, -0.15) is 0 Å². The van der Waals surface area contributed by atoms with Gasteiger partial charge in [0.2, 0.25) is 0 Å². The summed E-state index contributed by atoms with van der Waals surface area (Å²) < 4.78 is 32.1. The lowest BCUT2D eigenvalue weighted by atomic mass is 10.1. The second kappa shape index (κ2) is 7.33. The molecule has 2 aliphatic heterocycles. The molecule has 2 aliphatic rings. The predicted molar refractivity (Wildman–Crippen MR) is 87.2 cm³/mol. The van der Waals surface area contributed by atoms with Gasteiger partial charge in [-0.1, -0.05) is 23.7 Å². The largest absolute Gasteiger partial charge is 0.366 e. The van der Waals surface area contributed by atoms with Gasteiger partial charge in [0.15, 0.2) is 0 Å². The van der Waals surface area contributed by atoms with Gasteiger partial charge in [-0.3, -0.25) is 9.69 Å². The number of alkyl halides is 2. The zero-order chi connectivity index (χ0) is 17.2. The molecule has 2 fully saturated rings. The molecule has 1 aromatic rings. The Hall–Kier alpha value is -1.24. The third-order valence-corrected chi connectivity index (χ3v) is 4.76. The minimum absolute atomic E-state index is 0.0972. The second-order valence-electron chi connectivity index (χ2n) is 6.41. The molecule has 2 heterocycles. The number of amides is 1. The van der Waals surface area contributed by atoms with Crippen molar-refractivity contribution in [3.05, 3.63) is 34.9 Å². The summed E-state index contributed by atoms with van der Waals surface area (Å²) in [5.74, 6) is -2.83. The molecule has 2 saturated heterocycles. The van der Waals surface area contributed by atoms with E-state index in [4.69, 9.17) is 16.3 Å². The van der Waals surface area contributed by atoms with Crippen molar-refractivity contribution in [2.24, 2.45) is 0 Å². The van der Waals surface area contributed by atoms with E-state index in [1.54, 1.807) is 0 Å². The van der Waals surface area contributed by atoms with Crippen molar-refractivity contribution in [1.29, 1.82) is 0 Å². The lowest BCUT2D eigenvalue weighted by Gasteiger charge is -2.37. The van der Waals surface area contributed by atoms with Crippen molar-refractivity contribution in [2.45, 2.75) is 31.4 Å². The van der Waals surface area contributed by atoms with Crippen LogP contribution in [0.15, 0.2) is 24.3 Å². The first kappa shape index (κ1) is 17.6. The SMILES string of the molecule is O=C(C1CN(Cc2cccc(Cl)c2)CCO1)N1CCC(F)(F)CC1. The maximum Gasteiger partial charge on any atom is 0.253 e. The Kier molecular flexibility index (Phi) is 5.37. The summed E-state index contributed by atoms with van der Waals surface area (Å²) in [6.45, 7) is 2.54. The van der Waals surface area contributed by atoms with Crippen molar-refractivity contribution in [3.8, 4) is 0 Å². The minimum atomic E-state index is -2.65. The molecule has 132 valence electrons. The summed E-state index contributed by atoms with van der Waals surface area (Å²) in [6, 6.07) is 7.61. The van der Waals surface area contributed by atoms with E-state index in [0.717, 1.165) is 12.1 Å². The molecule has 0 N–H and O–H groups in total. The van der Waals surface area contributed by atoms with Gasteiger partial charge in [0, 0.05) is 50.6 Å². The maximum atomic E-state index is 13.2. The Labute approximate surface area is 145 Å². The molecule has 4 nitrogen and oxygen atoms in total. The summed E-state index contributed by atoms with van der Waals surface area (Å²) in [4.78, 5) is 16.2. The first-order valence-electron chi connectivity index (χ1n) is 8.18. The molecule has 0 aromatic heterocycles. The molecule has 0 bridgehead atoms. The maximum absolute atomic E-state index is 13.2. The van der Waals surface area contributed by atoms with Gasteiger partial charge in [-0.25, -0.2) is 8.78 Å². The molecule has 0 radical (unpaired) electrons. The Morgan fingerprint density at radius 1 is 1.29 bits per heavy atom. The Bertz CT molecular complexity index is 590. The zero-order valence-electron chi connectivity index (χ0n) is 13.4. The van der Waals surface area contributed by atoms with Crippen molar-refractivity contribution >= 4 is 17.5 Å². The van der Waals surface area contributed by atoms with E-state index >= 15 is 0 Å². The van der Waals surface area contributed by atoms with E-state index in [9.17, 15) is 13.6 Å². The summed E-state index contributed by atoms with van der Waals surface area (Å²) in [6.07, 6.45) is -1.11. The molecule has 0 spiro atoms. The van der Waals surface area contributed by atoms with Gasteiger partial charge in [-0.05, 0) is 17.7 Å². The van der Waals surface area contributed by atoms with Crippen LogP contribution >= 0.6 is 11.6 Å². The van der Waals surface area contributed by atoms with Crippen molar-refractivity contribution in [3.63, 3.8) is 0 Å². The standard InChI is InChI=1S/C17H21ClF2N2O2/c18-14-3-1-2-13(10-14)11-21-8-9-24-15(12-21)16(23)22-6-4-17(19,20)5-7-22/h1-3,10,15H,4-9,11-12H2. The molecule has 1 atom stereocenters. The van der Waals surface area contributed by atoms with Crippen LogP contribution in [0.5, 0.6) is 0 Å². The average molecular weight is 359 g/mol. The molecule has 0 saturated carbocycles. The van der Waals surface area contributed by atoms with Crippen LogP contribution in [-0.2, 0) is 16.1 Å². The first-order valence-corrected chi connectivity index (χ1v) is 8.56. The topological polar surface area (TPSA) is 32.8 Å². The van der Waals surface area contributed by atoms with Gasteiger partial charge < -0.3 is 9.64 Å². The fourth-order valence-electron chi connectivity index (χ4n) is 3.15. The number of morpholine rings is 1. The van der Waals surface area contributed by atoms with Crippen LogP contribution in [0.4, 0.5) is 8.78 Å². The molecule has 1 aromatic carbocycles. The molecule has 0 aliphatic carbocycles. The van der Waals surface area contributed by atoms with Gasteiger partial charge in [-0.15, -0.1) is 0 Å². The number of rotatable bonds is 3. The smallest absolute Gasteiger partial charge is 0.253 e. The van der Waals surface area contributed by atoms with E-state index in [1.165, 1.54) is 4.90 Å². The molecule has 7 heteroatoms. The number of hydrogen-bond acceptors (Lipinski definition) is 3. The van der Waals surface area contributed by atoms with E-state index in [0.29, 0.717) is 24.7 Å². The average Bonchev–Trinajstić information content (AvgIpc) is 2.54. The Morgan fingerprint density at radius 3 is 2.75 bits per heavy atom. The van der Waals surface area contributed by atoms with Gasteiger partial charge in [0.05, 0.1) is 6.61 Å². The van der Waals surface area contributed by atoms with Crippen molar-refractivity contribution in [1.82, 2.24) is 9.80 Å². The quantitative estimate of drug-likeness (QED) is 0.833. The molecular formula is C17H21ClF2N2O2. The monoisotopic (exact) mass is 358 g/mol. The number of likely N-dealkylation sites (tertiary alicyclic amines) is 1. The van der Waals surface area contributed by atoms with Crippen molar-refractivity contribution < 1.29 is 18.3 Å². The summed E-state index contributed by atoms with van der Waals surface area (Å²) in [5.41, 5.74) is 1.08. The van der Waals surface area contributed by atoms with E-state index in [-0.39, 0.29) is 31.8 Å². The minimum Gasteiger partial charge on any atom is -0.366 e. The Morgan fingerprint density at radius 2 is 2.04 bits per heavy atom. The molecular weight excluding hydrogens is 338 g/mol. The van der Waals surface area contributed by atoms with Gasteiger partial charge >= 0.3 is 0 Å². The second-order valence-corrected chi connectivity index (χ2v) is 6.84. The van der Waals surface area contributed by atoms with Crippen LogP contribution in [0.1, 0.15) is 18.4 Å². The highest BCUT2D eigenvalue weighted by molar-refractivity contribution is 6.30. The van der Waals surface area contributed by atoms with Crippen LogP contribution in [-0.4, -0.2) is 60.5 Å². The lowest BCUT2D eigenvalue weighted by Crippen LogP contribution is -2.53. The third-order valence-electron chi connectivity index (χ3n) is 4.53. The summed E-state index contributed by atoms with van der Waals surface area (Å²) >= 11 is 6.00. The predicted octanol–water partition coefficient (Wildman–Crippen LogP) is 2.80. The highest BCUT2D eigenvalue weighted by Crippen LogP contribution is 2.28. The molecule has 3 rings (SSSR count). The summed E-state index contributed by atoms with van der Waals surface area (Å²) in [7, 11) is 0. The van der Waals surface area contributed by atoms with Gasteiger partial charge in [0.1, 0.15) is 6.10 Å². The number of halogens is 3. The van der Waals surface area contributed by atoms with Crippen LogP contribution in [0.3, 0.4) is 0 Å². The fraction of sp³-hybridized carbons (Fsp3) is 0.588. The van der Waals surface area contributed by atoms with Crippen LogP contribution in [0, 0.1) is 0 Å². The first-order chi connectivity index (χ1) is 11.4.